The van der Waals surface area contributed by atoms with Gasteiger partial charge in [-0.2, -0.15) is 0 Å². The number of carbonyl (C=O) groups excluding carboxylic acids is 1. The van der Waals surface area contributed by atoms with E-state index in [2.05, 4.69) is 10.3 Å². The van der Waals surface area contributed by atoms with Crippen LogP contribution in [0.4, 0.5) is 5.69 Å². The number of nitrogens with one attached hydrogen (secondary N) is 1. The predicted molar refractivity (Wildman–Crippen MR) is 56.3 cm³/mol. The molecule has 0 radical (unpaired) electrons. The number of anilines is 1. The lowest BCUT2D eigenvalue weighted by atomic mass is 9.94. The number of aliphatic hydroxyl groups excluding tert-OH is 1. The Morgan fingerprint density at radius 3 is 3.13 bits per heavy atom. The average molecular weight is 206 g/mol. The second-order valence-corrected chi connectivity index (χ2v) is 3.79. The molecule has 2 rings (SSSR count). The third kappa shape index (κ3) is 1.85. The van der Waals surface area contributed by atoms with E-state index in [4.69, 9.17) is 5.11 Å². The van der Waals surface area contributed by atoms with Gasteiger partial charge in [-0.1, -0.05) is 6.92 Å². The average Bonchev–Trinajstić information content (AvgIpc) is 2.27. The molecule has 0 spiro atoms. The maximum atomic E-state index is 11.6. The van der Waals surface area contributed by atoms with Crippen molar-refractivity contribution in [2.75, 3.05) is 5.32 Å². The van der Waals surface area contributed by atoms with Crippen molar-refractivity contribution in [1.29, 1.82) is 0 Å². The van der Waals surface area contributed by atoms with Crippen LogP contribution in [0.2, 0.25) is 0 Å². The summed E-state index contributed by atoms with van der Waals surface area (Å²) in [5.74, 6) is 0.0897. The van der Waals surface area contributed by atoms with E-state index in [0.29, 0.717) is 6.42 Å². The Labute approximate surface area is 88.3 Å². The van der Waals surface area contributed by atoms with Gasteiger partial charge in [0, 0.05) is 18.5 Å². The van der Waals surface area contributed by atoms with Crippen molar-refractivity contribution < 1.29 is 9.90 Å². The van der Waals surface area contributed by atoms with Crippen molar-refractivity contribution in [1.82, 2.24) is 4.98 Å². The maximum Gasteiger partial charge on any atom is 0.227 e. The Balaban J connectivity index is 2.32. The van der Waals surface area contributed by atoms with Gasteiger partial charge >= 0.3 is 0 Å². The van der Waals surface area contributed by atoms with Crippen molar-refractivity contribution in [2.45, 2.75) is 26.4 Å². The molecule has 0 saturated carbocycles. The molecule has 0 fully saturated rings. The Morgan fingerprint density at radius 1 is 1.67 bits per heavy atom. The van der Waals surface area contributed by atoms with Crippen LogP contribution in [0.1, 0.15) is 24.6 Å². The number of nitrogens with zero attached hydrogens (tertiary/aromatic N) is 1. The van der Waals surface area contributed by atoms with Crippen LogP contribution >= 0.6 is 0 Å². The fraction of sp³-hybridized carbons (Fsp3) is 0.455. The summed E-state index contributed by atoms with van der Waals surface area (Å²) >= 11 is 0. The zero-order valence-electron chi connectivity index (χ0n) is 8.66. The number of hydrogen-bond acceptors (Lipinski definition) is 3. The van der Waals surface area contributed by atoms with Crippen LogP contribution in [0.15, 0.2) is 12.3 Å². The summed E-state index contributed by atoms with van der Waals surface area (Å²) in [6, 6.07) is 1.78. The van der Waals surface area contributed by atoms with Crippen LogP contribution in [-0.4, -0.2) is 16.0 Å². The van der Waals surface area contributed by atoms with E-state index in [0.717, 1.165) is 23.4 Å². The molecular weight excluding hydrogens is 192 g/mol. The molecule has 1 aromatic rings. The molecule has 0 bridgehead atoms. The number of aromatic nitrogens is 1. The van der Waals surface area contributed by atoms with Gasteiger partial charge in [-0.15, -0.1) is 0 Å². The van der Waals surface area contributed by atoms with E-state index in [1.54, 1.807) is 12.3 Å². The molecule has 1 amide bonds. The smallest absolute Gasteiger partial charge is 0.227 e. The van der Waals surface area contributed by atoms with E-state index >= 15 is 0 Å². The molecule has 1 atom stereocenters. The number of pyridine rings is 1. The Morgan fingerprint density at radius 2 is 2.47 bits per heavy atom. The third-order valence-corrected chi connectivity index (χ3v) is 2.77. The first-order chi connectivity index (χ1) is 7.24. The normalized spacial score (nSPS) is 19.6. The molecule has 1 aliphatic heterocycles. The Hall–Kier alpha value is -1.42. The minimum Gasteiger partial charge on any atom is -0.392 e. The summed E-state index contributed by atoms with van der Waals surface area (Å²) in [7, 11) is 0. The highest BCUT2D eigenvalue weighted by atomic mass is 16.3. The van der Waals surface area contributed by atoms with Crippen LogP contribution in [-0.2, 0) is 17.8 Å². The SMILES string of the molecule is CCC1Cc2ncc(CO)cc2NC1=O. The molecule has 0 aromatic carbocycles. The van der Waals surface area contributed by atoms with Crippen molar-refractivity contribution in [3.8, 4) is 0 Å². The monoisotopic (exact) mass is 206 g/mol. The highest BCUT2D eigenvalue weighted by molar-refractivity contribution is 5.95. The summed E-state index contributed by atoms with van der Waals surface area (Å²) < 4.78 is 0. The fourth-order valence-electron chi connectivity index (χ4n) is 1.78. The van der Waals surface area contributed by atoms with E-state index in [9.17, 15) is 4.79 Å². The van der Waals surface area contributed by atoms with Gasteiger partial charge in [0.1, 0.15) is 0 Å². The van der Waals surface area contributed by atoms with Gasteiger partial charge in [0.2, 0.25) is 5.91 Å². The molecule has 0 aliphatic carbocycles. The lowest BCUT2D eigenvalue weighted by Crippen LogP contribution is -2.30. The standard InChI is InChI=1S/C11H14N2O2/c1-2-8-4-9-10(13-11(8)15)3-7(6-14)5-12-9/h3,5,8,14H,2,4,6H2,1H3,(H,13,15). The van der Waals surface area contributed by atoms with Crippen LogP contribution < -0.4 is 5.32 Å². The lowest BCUT2D eigenvalue weighted by molar-refractivity contribution is -0.120. The molecule has 1 aromatic heterocycles. The zero-order valence-corrected chi connectivity index (χ0v) is 8.66. The summed E-state index contributed by atoms with van der Waals surface area (Å²) in [4.78, 5) is 15.8. The molecule has 2 N–H and O–H groups in total. The van der Waals surface area contributed by atoms with E-state index in [1.165, 1.54) is 0 Å². The molecule has 1 aliphatic rings. The number of amides is 1. The zero-order chi connectivity index (χ0) is 10.8. The van der Waals surface area contributed by atoms with E-state index < -0.39 is 0 Å². The number of aliphatic hydroxyl groups is 1. The highest BCUT2D eigenvalue weighted by Gasteiger charge is 2.25. The van der Waals surface area contributed by atoms with Crippen molar-refractivity contribution in [3.63, 3.8) is 0 Å². The molecule has 4 heteroatoms. The number of hydrogen-bond donors (Lipinski definition) is 2. The van der Waals surface area contributed by atoms with Crippen LogP contribution in [0.25, 0.3) is 0 Å². The molecule has 15 heavy (non-hydrogen) atoms. The quantitative estimate of drug-likeness (QED) is 0.761. The molecule has 1 unspecified atom stereocenters. The maximum absolute atomic E-state index is 11.6. The Bertz CT molecular complexity index is 390. The summed E-state index contributed by atoms with van der Waals surface area (Å²) in [6.45, 7) is 1.95. The largest absolute Gasteiger partial charge is 0.392 e. The van der Waals surface area contributed by atoms with Gasteiger partial charge in [0.05, 0.1) is 18.0 Å². The van der Waals surface area contributed by atoms with Crippen molar-refractivity contribution in [3.05, 3.63) is 23.5 Å². The highest BCUT2D eigenvalue weighted by Crippen LogP contribution is 2.26. The van der Waals surface area contributed by atoms with Crippen LogP contribution in [0.3, 0.4) is 0 Å². The second-order valence-electron chi connectivity index (χ2n) is 3.79. The number of carbonyl (C=O) groups is 1. The first-order valence-corrected chi connectivity index (χ1v) is 5.14. The lowest BCUT2D eigenvalue weighted by Gasteiger charge is -2.23. The van der Waals surface area contributed by atoms with Crippen LogP contribution in [0.5, 0.6) is 0 Å². The minimum absolute atomic E-state index is 0.0324. The van der Waals surface area contributed by atoms with Crippen LogP contribution in [0, 0.1) is 5.92 Å². The molecular formula is C11H14N2O2. The van der Waals surface area contributed by atoms with E-state index in [1.807, 2.05) is 6.92 Å². The first kappa shape index (κ1) is 10.1. The summed E-state index contributed by atoms with van der Waals surface area (Å²) in [6.07, 6.45) is 3.18. The fourth-order valence-corrected chi connectivity index (χ4v) is 1.78. The van der Waals surface area contributed by atoms with Crippen molar-refractivity contribution in [2.24, 2.45) is 5.92 Å². The summed E-state index contributed by atoms with van der Waals surface area (Å²) in [5.41, 5.74) is 2.39. The molecule has 80 valence electrons. The minimum atomic E-state index is -0.0483. The van der Waals surface area contributed by atoms with Gasteiger partial charge in [-0.05, 0) is 18.1 Å². The summed E-state index contributed by atoms with van der Waals surface area (Å²) in [5, 5.41) is 11.8. The van der Waals surface area contributed by atoms with Crippen molar-refractivity contribution >= 4 is 11.6 Å². The molecule has 2 heterocycles. The number of fused-ring (bicyclic) bond motifs is 1. The van der Waals surface area contributed by atoms with Gasteiger partial charge in [-0.25, -0.2) is 0 Å². The molecule has 0 saturated heterocycles. The topological polar surface area (TPSA) is 62.2 Å². The molecule has 4 nitrogen and oxygen atoms in total. The first-order valence-electron chi connectivity index (χ1n) is 5.14. The third-order valence-electron chi connectivity index (χ3n) is 2.77. The second kappa shape index (κ2) is 3.98. The van der Waals surface area contributed by atoms with Gasteiger partial charge < -0.3 is 10.4 Å². The van der Waals surface area contributed by atoms with Gasteiger partial charge in [0.15, 0.2) is 0 Å². The van der Waals surface area contributed by atoms with E-state index in [-0.39, 0.29) is 18.4 Å². The van der Waals surface area contributed by atoms with Gasteiger partial charge in [0.25, 0.3) is 0 Å². The number of rotatable bonds is 2. The van der Waals surface area contributed by atoms with Gasteiger partial charge in [-0.3, -0.25) is 9.78 Å². The predicted octanol–water partition coefficient (Wildman–Crippen LogP) is 1.09. The Kier molecular flexibility index (Phi) is 2.68.